The molecule has 0 saturated carbocycles. The first-order valence-corrected chi connectivity index (χ1v) is 15.3. The Hall–Kier alpha value is -4.92. The molecule has 1 aliphatic heterocycles. The standard InChI is InChI=1S/C30H35N7O7S/c1-35(2)24(38)11-10-17-12-18(28(39)36(3)4)14-20(13-17)44-27-25(37(42)43)26(33-30(34-27)45-5)32-23(29(40)41)15-19-16-31-22-9-7-6-8-21(19)22/h6-9,12-14,19,23,31H,10-11,15-16H2,1-5H3,(H,40,41)(H,32,33,34). The molecule has 238 valence electrons. The monoisotopic (exact) mass is 637 g/mol. The number of anilines is 2. The number of aryl methyl sites for hydroxylation is 1. The lowest BCUT2D eigenvalue weighted by Crippen LogP contribution is -2.32. The molecule has 0 bridgehead atoms. The maximum absolute atomic E-state index is 12.9. The Labute approximate surface area is 264 Å². The molecule has 2 aromatic carbocycles. The molecule has 14 nitrogen and oxygen atoms in total. The molecule has 3 N–H and O–H groups in total. The fraction of sp³-hybridized carbons (Fsp3) is 0.367. The average Bonchev–Trinajstić information content (AvgIpc) is 3.41. The van der Waals surface area contributed by atoms with Gasteiger partial charge in [-0.05, 0) is 54.5 Å². The van der Waals surface area contributed by atoms with E-state index < -0.39 is 28.5 Å². The van der Waals surface area contributed by atoms with Gasteiger partial charge in [0.1, 0.15) is 11.8 Å². The van der Waals surface area contributed by atoms with Crippen molar-refractivity contribution < 1.29 is 29.2 Å². The van der Waals surface area contributed by atoms with Crippen LogP contribution >= 0.6 is 11.8 Å². The number of fused-ring (bicyclic) bond motifs is 1. The van der Waals surface area contributed by atoms with Gasteiger partial charge in [-0.1, -0.05) is 30.0 Å². The number of rotatable bonds is 13. The van der Waals surface area contributed by atoms with Crippen molar-refractivity contribution in [2.45, 2.75) is 36.4 Å². The third-order valence-corrected chi connectivity index (χ3v) is 7.77. The van der Waals surface area contributed by atoms with E-state index in [1.54, 1.807) is 46.6 Å². The highest BCUT2D eigenvalue weighted by atomic mass is 32.2. The van der Waals surface area contributed by atoms with Gasteiger partial charge in [-0.15, -0.1) is 0 Å². The van der Waals surface area contributed by atoms with Crippen molar-refractivity contribution in [1.82, 2.24) is 19.8 Å². The lowest BCUT2D eigenvalue weighted by molar-refractivity contribution is -0.385. The van der Waals surface area contributed by atoms with Crippen molar-refractivity contribution in [2.24, 2.45) is 0 Å². The number of benzene rings is 2. The smallest absolute Gasteiger partial charge is 0.373 e. The van der Waals surface area contributed by atoms with Crippen LogP contribution in [0.2, 0.25) is 0 Å². The Morgan fingerprint density at radius 3 is 2.53 bits per heavy atom. The zero-order chi connectivity index (χ0) is 32.8. The Balaban J connectivity index is 1.71. The Kier molecular flexibility index (Phi) is 10.4. The number of carboxylic acid groups (broad SMARTS) is 1. The quantitative estimate of drug-likeness (QED) is 0.106. The van der Waals surface area contributed by atoms with E-state index >= 15 is 0 Å². The van der Waals surface area contributed by atoms with E-state index in [4.69, 9.17) is 4.74 Å². The van der Waals surface area contributed by atoms with Gasteiger partial charge in [-0.2, -0.15) is 9.97 Å². The number of carboxylic acids is 1. The molecule has 0 saturated heterocycles. The van der Waals surface area contributed by atoms with Crippen LogP contribution in [0.5, 0.6) is 11.6 Å². The van der Waals surface area contributed by atoms with Crippen LogP contribution in [0.4, 0.5) is 17.2 Å². The highest BCUT2D eigenvalue weighted by Gasteiger charge is 2.33. The Morgan fingerprint density at radius 1 is 1.16 bits per heavy atom. The molecule has 15 heteroatoms. The summed E-state index contributed by atoms with van der Waals surface area (Å²) in [5.41, 5.74) is 2.08. The molecule has 2 heterocycles. The first-order valence-electron chi connectivity index (χ1n) is 14.0. The number of carbonyl (C=O) groups is 3. The van der Waals surface area contributed by atoms with Crippen LogP contribution in [0.15, 0.2) is 47.6 Å². The molecule has 1 aromatic heterocycles. The number of aromatic nitrogens is 2. The first-order chi connectivity index (χ1) is 21.4. The molecule has 45 heavy (non-hydrogen) atoms. The van der Waals surface area contributed by atoms with E-state index in [2.05, 4.69) is 20.6 Å². The van der Waals surface area contributed by atoms with E-state index in [-0.39, 0.29) is 59.3 Å². The van der Waals surface area contributed by atoms with Crippen molar-refractivity contribution in [1.29, 1.82) is 0 Å². The predicted molar refractivity (Wildman–Crippen MR) is 169 cm³/mol. The van der Waals surface area contributed by atoms with E-state index in [0.29, 0.717) is 12.1 Å². The number of thioether (sulfide) groups is 1. The molecule has 2 amide bonds. The van der Waals surface area contributed by atoms with Crippen LogP contribution in [0.25, 0.3) is 0 Å². The number of hydrogen-bond acceptors (Lipinski definition) is 11. The predicted octanol–water partition coefficient (Wildman–Crippen LogP) is 4.09. The lowest BCUT2D eigenvalue weighted by Gasteiger charge is -2.20. The molecule has 3 aromatic rings. The molecule has 0 fully saturated rings. The number of carbonyl (C=O) groups excluding carboxylic acids is 2. The second-order valence-corrected chi connectivity index (χ2v) is 11.6. The number of nitrogens with one attached hydrogen (secondary N) is 2. The van der Waals surface area contributed by atoms with Gasteiger partial charge in [-0.25, -0.2) is 4.79 Å². The van der Waals surface area contributed by atoms with Crippen LogP contribution < -0.4 is 15.4 Å². The number of hydrogen-bond donors (Lipinski definition) is 3. The van der Waals surface area contributed by atoms with E-state index in [1.807, 2.05) is 24.3 Å². The normalized spacial score (nSPS) is 14.1. The number of nitrogens with zero attached hydrogens (tertiary/aromatic N) is 5. The van der Waals surface area contributed by atoms with Gasteiger partial charge in [0, 0.05) is 58.3 Å². The molecule has 0 aliphatic carbocycles. The van der Waals surface area contributed by atoms with Crippen molar-refractivity contribution in [3.63, 3.8) is 0 Å². The van der Waals surface area contributed by atoms with Crippen LogP contribution in [0, 0.1) is 10.1 Å². The highest BCUT2D eigenvalue weighted by Crippen LogP contribution is 2.39. The van der Waals surface area contributed by atoms with E-state index in [1.165, 1.54) is 15.9 Å². The molecule has 2 unspecified atom stereocenters. The minimum absolute atomic E-state index is 0.0817. The van der Waals surface area contributed by atoms with Crippen LogP contribution in [-0.2, 0) is 16.0 Å². The minimum Gasteiger partial charge on any atom is -0.480 e. The van der Waals surface area contributed by atoms with Gasteiger partial charge in [0.15, 0.2) is 5.16 Å². The summed E-state index contributed by atoms with van der Waals surface area (Å²) < 4.78 is 5.97. The molecule has 4 rings (SSSR count). The summed E-state index contributed by atoms with van der Waals surface area (Å²) in [6.07, 6.45) is 2.26. The summed E-state index contributed by atoms with van der Waals surface area (Å²) in [5.74, 6) is -2.45. The lowest BCUT2D eigenvalue weighted by atomic mass is 9.94. The highest BCUT2D eigenvalue weighted by molar-refractivity contribution is 7.98. The van der Waals surface area contributed by atoms with Crippen molar-refractivity contribution >= 4 is 46.7 Å². The van der Waals surface area contributed by atoms with Gasteiger partial charge in [0.2, 0.25) is 11.7 Å². The molecule has 2 atom stereocenters. The van der Waals surface area contributed by atoms with Gasteiger partial charge in [0.25, 0.3) is 5.91 Å². The number of nitro groups is 1. The van der Waals surface area contributed by atoms with Crippen LogP contribution in [0.1, 0.15) is 40.2 Å². The van der Waals surface area contributed by atoms with Gasteiger partial charge < -0.3 is 30.3 Å². The zero-order valence-corrected chi connectivity index (χ0v) is 26.4. The molecular formula is C30H35N7O7S. The van der Waals surface area contributed by atoms with Crippen molar-refractivity contribution in [3.05, 3.63) is 69.3 Å². The minimum atomic E-state index is -1.22. The maximum atomic E-state index is 12.9. The fourth-order valence-electron chi connectivity index (χ4n) is 4.91. The number of aliphatic carboxylic acids is 1. The fourth-order valence-corrected chi connectivity index (χ4v) is 5.27. The number of amides is 2. The van der Waals surface area contributed by atoms with Crippen molar-refractivity contribution in [3.8, 4) is 11.6 Å². The molecular weight excluding hydrogens is 602 g/mol. The molecule has 0 radical (unpaired) electrons. The third-order valence-electron chi connectivity index (χ3n) is 7.23. The van der Waals surface area contributed by atoms with Gasteiger partial charge in [0.05, 0.1) is 4.92 Å². The second kappa shape index (κ2) is 14.2. The summed E-state index contributed by atoms with van der Waals surface area (Å²) in [4.78, 5) is 60.4. The van der Waals surface area contributed by atoms with Gasteiger partial charge in [-0.3, -0.25) is 19.7 Å². The zero-order valence-electron chi connectivity index (χ0n) is 25.6. The van der Waals surface area contributed by atoms with Crippen LogP contribution in [-0.4, -0.2) is 94.6 Å². The summed E-state index contributed by atoms with van der Waals surface area (Å²) in [6, 6.07) is 11.0. The Bertz CT molecular complexity index is 1620. The van der Waals surface area contributed by atoms with Crippen LogP contribution in [0.3, 0.4) is 0 Å². The summed E-state index contributed by atoms with van der Waals surface area (Å²) in [7, 11) is 6.46. The summed E-state index contributed by atoms with van der Waals surface area (Å²) >= 11 is 1.09. The molecule has 0 spiro atoms. The number of para-hydroxylation sites is 1. The van der Waals surface area contributed by atoms with Gasteiger partial charge >= 0.3 is 17.5 Å². The topological polar surface area (TPSA) is 180 Å². The van der Waals surface area contributed by atoms with Crippen molar-refractivity contribution in [2.75, 3.05) is 51.6 Å². The first kappa shape index (κ1) is 33.0. The number of ether oxygens (including phenoxy) is 1. The second-order valence-electron chi connectivity index (χ2n) is 10.9. The molecule has 1 aliphatic rings. The average molecular weight is 638 g/mol. The summed E-state index contributed by atoms with van der Waals surface area (Å²) in [5, 5.41) is 28.6. The SMILES string of the molecule is CSc1nc(NC(CC2CNc3ccccc32)C(=O)O)c([N+](=O)[O-])c(Oc2cc(CCC(=O)N(C)C)cc(C(=O)N(C)C)c2)n1. The third kappa shape index (κ3) is 7.98. The Morgan fingerprint density at radius 2 is 1.89 bits per heavy atom. The van der Waals surface area contributed by atoms with E-state index in [9.17, 15) is 29.6 Å². The largest absolute Gasteiger partial charge is 0.480 e. The van der Waals surface area contributed by atoms with E-state index in [0.717, 1.165) is 23.0 Å². The maximum Gasteiger partial charge on any atom is 0.373 e. The summed E-state index contributed by atoms with van der Waals surface area (Å²) in [6.45, 7) is 0.519.